The first-order valence-corrected chi connectivity index (χ1v) is 22.7. The molecule has 0 bridgehead atoms. The summed E-state index contributed by atoms with van der Waals surface area (Å²) in [5.41, 5.74) is 14.1. The second kappa shape index (κ2) is 18.3. The fourth-order valence-electron chi connectivity index (χ4n) is 8.75. The molecule has 0 fully saturated rings. The Kier molecular flexibility index (Phi) is 11.6. The van der Waals surface area contributed by atoms with Gasteiger partial charge >= 0.3 is 0 Å². The number of para-hydroxylation sites is 1. The van der Waals surface area contributed by atoms with Crippen molar-refractivity contribution < 1.29 is 33.0 Å². The first kappa shape index (κ1) is 41.8. The number of imidazole rings is 1. The number of nitrogens with zero attached hydrogens (tertiary/aromatic N) is 3. The summed E-state index contributed by atoms with van der Waals surface area (Å²) in [5, 5.41) is 12.5. The molecule has 0 spiro atoms. The third-order valence-electron chi connectivity index (χ3n) is 12.5. The van der Waals surface area contributed by atoms with E-state index in [-0.39, 0.29) is 43.1 Å². The second-order valence-corrected chi connectivity index (χ2v) is 21.1. The van der Waals surface area contributed by atoms with E-state index in [1.807, 2.05) is 76.2 Å². The van der Waals surface area contributed by atoms with Crippen LogP contribution in [0.15, 0.2) is 128 Å². The molecule has 0 aliphatic rings. The van der Waals surface area contributed by atoms with Gasteiger partial charge in [-0.25, -0.2) is 4.98 Å². The number of pyridine rings is 1. The predicted octanol–water partition coefficient (Wildman–Crippen LogP) is 16.7. The molecule has 0 radical (unpaired) electrons. The fourth-order valence-corrected chi connectivity index (χ4v) is 8.75. The minimum absolute atomic E-state index is 0. The Morgan fingerprint density at radius 3 is 1.80 bits per heavy atom. The number of hydrogen-bond donors (Lipinski definition) is 1. The van der Waals surface area contributed by atoms with E-state index < -0.39 is 18.6 Å². The van der Waals surface area contributed by atoms with Crippen molar-refractivity contribution in [2.24, 2.45) is 0 Å². The number of rotatable bonds is 8. The van der Waals surface area contributed by atoms with Gasteiger partial charge in [0.05, 0.1) is 16.6 Å². The third-order valence-corrected chi connectivity index (χ3v) is 12.5. The summed E-state index contributed by atoms with van der Waals surface area (Å²) in [6.07, 6.45) is 1.78. The van der Waals surface area contributed by atoms with Crippen LogP contribution in [0.3, 0.4) is 0 Å². The van der Waals surface area contributed by atoms with Crippen molar-refractivity contribution in [2.75, 3.05) is 0 Å². The number of phenols is 1. The van der Waals surface area contributed by atoms with Crippen molar-refractivity contribution in [3.05, 3.63) is 167 Å². The summed E-state index contributed by atoms with van der Waals surface area (Å²) in [7, 11) is 0. The number of aromatic hydroxyl groups is 1. The van der Waals surface area contributed by atoms with Gasteiger partial charge in [-0.3, -0.25) is 9.55 Å². The molecule has 4 nitrogen and oxygen atoms in total. The van der Waals surface area contributed by atoms with Crippen molar-refractivity contribution in [3.8, 4) is 67.5 Å². The zero-order valence-electron chi connectivity index (χ0n) is 45.7. The molecule has 8 rings (SSSR count). The van der Waals surface area contributed by atoms with Gasteiger partial charge in [-0.15, -0.1) is 29.3 Å². The Labute approximate surface area is 415 Å². The van der Waals surface area contributed by atoms with Gasteiger partial charge in [0.2, 0.25) is 0 Å². The van der Waals surface area contributed by atoms with Crippen molar-refractivity contribution >= 4 is 11.0 Å². The van der Waals surface area contributed by atoms with Crippen LogP contribution in [-0.4, -0.2) is 19.6 Å². The average molecular weight is 1060 g/mol. The Hall–Kier alpha value is -5.57. The zero-order chi connectivity index (χ0) is 51.1. The largest absolute Gasteiger partial charge is 0.507 e. The van der Waals surface area contributed by atoms with E-state index in [1.54, 1.807) is 18.3 Å². The molecule has 2 aromatic heterocycles. The molecule has 0 unspecified atom stereocenters. The zero-order valence-corrected chi connectivity index (χ0v) is 43.0. The topological polar surface area (TPSA) is 50.9 Å². The summed E-state index contributed by atoms with van der Waals surface area (Å²) in [4.78, 5) is 10.4. The van der Waals surface area contributed by atoms with Crippen LogP contribution in [-0.2, 0) is 37.3 Å². The molecular formula is C61H66N3OPt-. The normalized spacial score (nSPS) is 13.9. The van der Waals surface area contributed by atoms with Gasteiger partial charge in [0.1, 0.15) is 11.6 Å². The Morgan fingerprint density at radius 1 is 0.621 bits per heavy atom. The van der Waals surface area contributed by atoms with Crippen LogP contribution < -0.4 is 0 Å². The molecule has 8 aromatic rings. The van der Waals surface area contributed by atoms with E-state index >= 15 is 0 Å². The first-order valence-electron chi connectivity index (χ1n) is 25.2. The van der Waals surface area contributed by atoms with Gasteiger partial charge in [0, 0.05) is 51.1 Å². The van der Waals surface area contributed by atoms with Gasteiger partial charge in [-0.1, -0.05) is 186 Å². The van der Waals surface area contributed by atoms with Gasteiger partial charge in [-0.05, 0) is 104 Å². The molecule has 0 saturated carbocycles. The maximum absolute atomic E-state index is 12.5. The fraction of sp³-hybridized carbons (Fsp3) is 0.311. The summed E-state index contributed by atoms with van der Waals surface area (Å²) >= 11 is 0. The van der Waals surface area contributed by atoms with Crippen molar-refractivity contribution in [2.45, 2.75) is 125 Å². The van der Waals surface area contributed by atoms with Gasteiger partial charge < -0.3 is 5.11 Å². The molecule has 0 amide bonds. The van der Waals surface area contributed by atoms with Crippen LogP contribution in [0, 0.1) is 12.9 Å². The van der Waals surface area contributed by atoms with Crippen LogP contribution in [0.2, 0.25) is 0 Å². The Bertz CT molecular complexity index is 3230. The van der Waals surface area contributed by atoms with Gasteiger partial charge in [-0.2, -0.15) is 0 Å². The van der Waals surface area contributed by atoms with E-state index in [9.17, 15) is 5.11 Å². The standard InChI is InChI=1S/C61H66N3O.Pt/c1-37(2)48-17-15-18-49(38(3)4)55(48)41-25-27-47(28-26-41)64-54-20-16-19-50(56(54)63-58(64)51-35-46(60(9,10)11)36-52(57(51)65)61(12,13)14)43-31-44(33-45(32-43)59(6,7)8)53-34-42(29-30-62-53)40-23-21-39(5)22-24-40;/h15-30,32-38,65H,1-14H3;/q-1;/i5D3,37D,38D;. The van der Waals surface area contributed by atoms with E-state index in [4.69, 9.17) is 16.8 Å². The number of aromatic nitrogens is 3. The van der Waals surface area contributed by atoms with Gasteiger partial charge in [0.25, 0.3) is 0 Å². The van der Waals surface area contributed by atoms with E-state index in [1.165, 1.54) is 0 Å². The molecule has 5 heteroatoms. The molecule has 1 N–H and O–H groups in total. The van der Waals surface area contributed by atoms with Gasteiger partial charge in [0.15, 0.2) is 0 Å². The number of fused-ring (bicyclic) bond motifs is 1. The van der Waals surface area contributed by atoms with Crippen molar-refractivity contribution in [3.63, 3.8) is 0 Å². The maximum Gasteiger partial charge on any atom is 0.148 e. The molecule has 66 heavy (non-hydrogen) atoms. The SMILES string of the molecule is [2H]C([2H])([2H])c1ccc(-c2ccnc(-c3[c-]c(-c4cccc5c4nc(-c4cc(C(C)(C)C)cc(C(C)(C)C)c4O)n5-c4ccc(-c5c(C([2H])(C)C)cccc5C([2H])(C)C)cc4)cc(C(C)(C)C)c3)c2)cc1.[Pt]. The molecule has 6 aromatic carbocycles. The van der Waals surface area contributed by atoms with Crippen LogP contribution in [0.1, 0.15) is 142 Å². The summed E-state index contributed by atoms with van der Waals surface area (Å²) in [5.74, 6) is -1.04. The number of phenolic OH excluding ortho intramolecular Hbond substituents is 1. The number of aryl methyl sites for hydroxylation is 1. The van der Waals surface area contributed by atoms with E-state index in [0.29, 0.717) is 17.0 Å². The minimum atomic E-state index is -2.19. The minimum Gasteiger partial charge on any atom is -0.507 e. The van der Waals surface area contributed by atoms with E-state index in [2.05, 4.69) is 134 Å². The maximum atomic E-state index is 12.5. The molecule has 0 saturated heterocycles. The van der Waals surface area contributed by atoms with Crippen LogP contribution in [0.5, 0.6) is 5.75 Å². The predicted molar refractivity (Wildman–Crippen MR) is 276 cm³/mol. The first-order chi connectivity index (χ1) is 32.4. The number of hydrogen-bond acceptors (Lipinski definition) is 3. The monoisotopic (exact) mass is 1060 g/mol. The molecule has 2 heterocycles. The van der Waals surface area contributed by atoms with Crippen molar-refractivity contribution in [1.82, 2.24) is 14.5 Å². The molecule has 0 aliphatic carbocycles. The molecule has 0 aliphatic heterocycles. The number of benzene rings is 6. The van der Waals surface area contributed by atoms with E-state index in [0.717, 1.165) is 89.2 Å². The van der Waals surface area contributed by atoms with Crippen LogP contribution >= 0.6 is 0 Å². The van der Waals surface area contributed by atoms with Crippen LogP contribution in [0.25, 0.3) is 72.7 Å². The summed E-state index contributed by atoms with van der Waals surface area (Å²) in [6.45, 7) is 24.9. The smallest absolute Gasteiger partial charge is 0.148 e. The average Bonchev–Trinajstić information content (AvgIpc) is 3.66. The summed E-state index contributed by atoms with van der Waals surface area (Å²) in [6, 6.07) is 43.8. The third kappa shape index (κ3) is 9.50. The molecule has 342 valence electrons. The Balaban J connectivity index is 0.00000741. The quantitative estimate of drug-likeness (QED) is 0.154. The molecular weight excluding hydrogens is 986 g/mol. The molecule has 0 atom stereocenters. The second-order valence-electron chi connectivity index (χ2n) is 21.1. The van der Waals surface area contributed by atoms with Crippen LogP contribution in [0.4, 0.5) is 0 Å². The van der Waals surface area contributed by atoms with Crippen molar-refractivity contribution in [1.29, 1.82) is 0 Å². The summed E-state index contributed by atoms with van der Waals surface area (Å²) < 4.78 is 44.0. The Morgan fingerprint density at radius 2 is 1.21 bits per heavy atom.